The summed E-state index contributed by atoms with van der Waals surface area (Å²) in [7, 11) is 1.59. The number of nitrogens with zero attached hydrogens (tertiary/aromatic N) is 1. The standard InChI is InChI=1S/C7H13NO/c1-4-5-7(2)8-6-9-3/h5-6H,4H2,1-3H3/b7-5+,8-6?. The van der Waals surface area contributed by atoms with Gasteiger partial charge >= 0.3 is 0 Å². The first kappa shape index (κ1) is 8.21. The van der Waals surface area contributed by atoms with Gasteiger partial charge in [0.15, 0.2) is 6.40 Å². The first-order chi connectivity index (χ1) is 4.31. The lowest BCUT2D eigenvalue weighted by atomic mass is 10.4. The van der Waals surface area contributed by atoms with Gasteiger partial charge in [-0.05, 0) is 13.3 Å². The van der Waals surface area contributed by atoms with Gasteiger partial charge in [-0.15, -0.1) is 0 Å². The zero-order valence-electron chi connectivity index (χ0n) is 6.22. The van der Waals surface area contributed by atoms with Crippen molar-refractivity contribution in [3.63, 3.8) is 0 Å². The van der Waals surface area contributed by atoms with Crippen LogP contribution in [0.25, 0.3) is 0 Å². The predicted octanol–water partition coefficient (Wildman–Crippen LogP) is 1.97. The van der Waals surface area contributed by atoms with Crippen LogP contribution in [0.4, 0.5) is 0 Å². The Bertz CT molecular complexity index is 116. The first-order valence-corrected chi connectivity index (χ1v) is 3.03. The molecule has 0 aliphatic rings. The topological polar surface area (TPSA) is 21.6 Å². The van der Waals surface area contributed by atoms with Crippen molar-refractivity contribution in [3.05, 3.63) is 11.8 Å². The van der Waals surface area contributed by atoms with Crippen LogP contribution in [0, 0.1) is 0 Å². The molecule has 0 aromatic rings. The zero-order chi connectivity index (χ0) is 7.11. The largest absolute Gasteiger partial charge is 0.486 e. The van der Waals surface area contributed by atoms with E-state index in [2.05, 4.69) is 16.7 Å². The second kappa shape index (κ2) is 5.35. The Morgan fingerprint density at radius 1 is 1.67 bits per heavy atom. The van der Waals surface area contributed by atoms with E-state index in [1.165, 1.54) is 6.40 Å². The molecule has 0 atom stereocenters. The average Bonchev–Trinajstić information content (AvgIpc) is 1.85. The highest BCUT2D eigenvalue weighted by atomic mass is 16.5. The highest BCUT2D eigenvalue weighted by Crippen LogP contribution is 1.94. The number of ether oxygens (including phenoxy) is 1. The Morgan fingerprint density at radius 2 is 2.33 bits per heavy atom. The molecular formula is C7H13NO. The Balaban J connectivity index is 3.60. The zero-order valence-corrected chi connectivity index (χ0v) is 6.22. The average molecular weight is 127 g/mol. The Labute approximate surface area is 56.2 Å². The van der Waals surface area contributed by atoms with Crippen LogP contribution in [0.5, 0.6) is 0 Å². The minimum atomic E-state index is 0.999. The molecule has 2 nitrogen and oxygen atoms in total. The molecule has 0 N–H and O–H groups in total. The fourth-order valence-electron chi connectivity index (χ4n) is 0.484. The van der Waals surface area contributed by atoms with E-state index in [1.807, 2.05) is 13.0 Å². The molecule has 0 amide bonds. The molecule has 0 aliphatic heterocycles. The number of allylic oxidation sites excluding steroid dienone is 2. The normalized spacial score (nSPS) is 12.6. The van der Waals surface area contributed by atoms with E-state index >= 15 is 0 Å². The van der Waals surface area contributed by atoms with Gasteiger partial charge in [0.25, 0.3) is 0 Å². The molecule has 0 unspecified atom stereocenters. The number of rotatable bonds is 3. The summed E-state index contributed by atoms with van der Waals surface area (Å²) in [6.07, 6.45) is 4.49. The van der Waals surface area contributed by atoms with Gasteiger partial charge in [0.05, 0.1) is 7.11 Å². The SMILES string of the molecule is CC/C=C(\C)N=COC. The van der Waals surface area contributed by atoms with Gasteiger partial charge in [-0.1, -0.05) is 13.0 Å². The van der Waals surface area contributed by atoms with E-state index in [4.69, 9.17) is 0 Å². The van der Waals surface area contributed by atoms with Gasteiger partial charge in [-0.25, -0.2) is 4.99 Å². The van der Waals surface area contributed by atoms with Crippen LogP contribution >= 0.6 is 0 Å². The van der Waals surface area contributed by atoms with Crippen molar-refractivity contribution < 1.29 is 4.74 Å². The molecule has 0 aliphatic carbocycles. The molecule has 0 rings (SSSR count). The molecule has 0 radical (unpaired) electrons. The van der Waals surface area contributed by atoms with Crippen molar-refractivity contribution >= 4 is 6.40 Å². The Kier molecular flexibility index (Phi) is 4.88. The monoisotopic (exact) mass is 127 g/mol. The Morgan fingerprint density at radius 3 is 2.78 bits per heavy atom. The van der Waals surface area contributed by atoms with Crippen molar-refractivity contribution in [2.75, 3.05) is 7.11 Å². The molecule has 9 heavy (non-hydrogen) atoms. The lowest BCUT2D eigenvalue weighted by Gasteiger charge is -1.88. The quantitative estimate of drug-likeness (QED) is 0.419. The number of methoxy groups -OCH3 is 1. The van der Waals surface area contributed by atoms with E-state index in [-0.39, 0.29) is 0 Å². The van der Waals surface area contributed by atoms with Crippen LogP contribution in [0.1, 0.15) is 20.3 Å². The highest BCUT2D eigenvalue weighted by Gasteiger charge is 1.77. The summed E-state index contributed by atoms with van der Waals surface area (Å²) in [6, 6.07) is 0. The molecule has 2 heteroatoms. The predicted molar refractivity (Wildman–Crippen MR) is 39.5 cm³/mol. The van der Waals surface area contributed by atoms with E-state index in [0.29, 0.717) is 0 Å². The van der Waals surface area contributed by atoms with Crippen LogP contribution in [0.15, 0.2) is 16.8 Å². The highest BCUT2D eigenvalue weighted by molar-refractivity contribution is 5.48. The molecule has 0 spiro atoms. The minimum Gasteiger partial charge on any atom is -0.486 e. The van der Waals surface area contributed by atoms with Gasteiger partial charge < -0.3 is 4.74 Å². The van der Waals surface area contributed by atoms with E-state index in [0.717, 1.165) is 12.1 Å². The van der Waals surface area contributed by atoms with Crippen LogP contribution in [-0.4, -0.2) is 13.5 Å². The number of hydrogen-bond acceptors (Lipinski definition) is 2. The molecule has 0 fully saturated rings. The van der Waals surface area contributed by atoms with E-state index in [9.17, 15) is 0 Å². The van der Waals surface area contributed by atoms with Gasteiger partial charge in [0, 0.05) is 5.70 Å². The van der Waals surface area contributed by atoms with Gasteiger partial charge in [-0.3, -0.25) is 0 Å². The number of hydrogen-bond donors (Lipinski definition) is 0. The molecular weight excluding hydrogens is 114 g/mol. The minimum absolute atomic E-state index is 0.999. The number of aliphatic imine (C=N–C) groups is 1. The van der Waals surface area contributed by atoms with Crippen LogP contribution < -0.4 is 0 Å². The molecule has 52 valence electrons. The lowest BCUT2D eigenvalue weighted by Crippen LogP contribution is -1.76. The summed E-state index contributed by atoms with van der Waals surface area (Å²) >= 11 is 0. The maximum Gasteiger partial charge on any atom is 0.173 e. The summed E-state index contributed by atoms with van der Waals surface area (Å²) in [5, 5.41) is 0. The van der Waals surface area contributed by atoms with Crippen molar-refractivity contribution in [3.8, 4) is 0 Å². The lowest BCUT2D eigenvalue weighted by molar-refractivity contribution is 0.422. The van der Waals surface area contributed by atoms with E-state index < -0.39 is 0 Å². The molecule has 0 saturated carbocycles. The van der Waals surface area contributed by atoms with Crippen molar-refractivity contribution in [2.24, 2.45) is 4.99 Å². The van der Waals surface area contributed by atoms with Crippen LogP contribution in [0.3, 0.4) is 0 Å². The van der Waals surface area contributed by atoms with Crippen LogP contribution in [-0.2, 0) is 4.74 Å². The molecule has 0 aromatic carbocycles. The van der Waals surface area contributed by atoms with Crippen molar-refractivity contribution in [1.29, 1.82) is 0 Å². The van der Waals surface area contributed by atoms with E-state index in [1.54, 1.807) is 7.11 Å². The molecule has 0 saturated heterocycles. The second-order valence-electron chi connectivity index (χ2n) is 1.72. The third-order valence-corrected chi connectivity index (χ3v) is 0.861. The summed E-state index contributed by atoms with van der Waals surface area (Å²) in [5.74, 6) is 0. The van der Waals surface area contributed by atoms with Crippen molar-refractivity contribution in [2.45, 2.75) is 20.3 Å². The second-order valence-corrected chi connectivity index (χ2v) is 1.72. The summed E-state index contributed by atoms with van der Waals surface area (Å²) in [4.78, 5) is 3.95. The van der Waals surface area contributed by atoms with Gasteiger partial charge in [0.1, 0.15) is 0 Å². The summed E-state index contributed by atoms with van der Waals surface area (Å²) in [5.41, 5.74) is 0.999. The molecule has 0 heterocycles. The maximum atomic E-state index is 4.63. The third kappa shape index (κ3) is 5.07. The van der Waals surface area contributed by atoms with Crippen LogP contribution in [0.2, 0.25) is 0 Å². The molecule has 0 aromatic heterocycles. The summed E-state index contributed by atoms with van der Waals surface area (Å²) in [6.45, 7) is 4.02. The first-order valence-electron chi connectivity index (χ1n) is 3.03. The van der Waals surface area contributed by atoms with Gasteiger partial charge in [-0.2, -0.15) is 0 Å². The van der Waals surface area contributed by atoms with Crippen molar-refractivity contribution in [1.82, 2.24) is 0 Å². The third-order valence-electron chi connectivity index (χ3n) is 0.861. The van der Waals surface area contributed by atoms with Gasteiger partial charge in [0.2, 0.25) is 0 Å². The smallest absolute Gasteiger partial charge is 0.173 e. The maximum absolute atomic E-state index is 4.63. The Hall–Kier alpha value is -0.790. The molecule has 0 bridgehead atoms. The fraction of sp³-hybridized carbons (Fsp3) is 0.571. The fourth-order valence-corrected chi connectivity index (χ4v) is 0.484. The summed E-state index contributed by atoms with van der Waals surface area (Å²) < 4.78 is 4.63.